The minimum Gasteiger partial charge on any atom is -0.307 e. The van der Waals surface area contributed by atoms with Gasteiger partial charge in [-0.3, -0.25) is 15.2 Å². The normalized spacial score (nSPS) is 23.0. The van der Waals surface area contributed by atoms with Crippen molar-refractivity contribution in [3.8, 4) is 6.07 Å². The van der Waals surface area contributed by atoms with E-state index in [0.717, 1.165) is 11.4 Å². The Labute approximate surface area is 137 Å². The number of nitrogens with zero attached hydrogens (tertiary/aromatic N) is 4. The Balaban J connectivity index is 2.00. The monoisotopic (exact) mass is 329 g/mol. The standard InChI is InChI=1S/C15H15N5O2S/c1-19-13(17-18-14(19)23)8-15(6-10(7-15)9-16)11-3-2-4-12(5-11)20(21)22/h2-5,10H,6-8H2,1H3,(H,18,23). The second-order valence-electron chi connectivity index (χ2n) is 6.00. The van der Waals surface area contributed by atoms with E-state index in [1.165, 1.54) is 6.07 Å². The molecule has 2 aromatic rings. The largest absolute Gasteiger partial charge is 0.307 e. The number of nitro groups is 1. The molecule has 1 N–H and O–H groups in total. The van der Waals surface area contributed by atoms with Gasteiger partial charge in [0.15, 0.2) is 4.77 Å². The van der Waals surface area contributed by atoms with Gasteiger partial charge in [-0.1, -0.05) is 12.1 Å². The molecular weight excluding hydrogens is 314 g/mol. The van der Waals surface area contributed by atoms with Crippen LogP contribution in [0.15, 0.2) is 24.3 Å². The third kappa shape index (κ3) is 2.64. The Morgan fingerprint density at radius 1 is 1.61 bits per heavy atom. The summed E-state index contributed by atoms with van der Waals surface area (Å²) in [4.78, 5) is 10.6. The van der Waals surface area contributed by atoms with E-state index in [9.17, 15) is 10.1 Å². The van der Waals surface area contributed by atoms with Crippen molar-refractivity contribution in [3.05, 3.63) is 50.5 Å². The number of nitriles is 1. The number of H-pyrrole nitrogens is 1. The van der Waals surface area contributed by atoms with Gasteiger partial charge < -0.3 is 4.57 Å². The minimum absolute atomic E-state index is 0.0264. The Hall–Kier alpha value is -2.53. The third-order valence-electron chi connectivity index (χ3n) is 4.60. The maximum absolute atomic E-state index is 11.0. The van der Waals surface area contributed by atoms with Crippen LogP contribution in [0, 0.1) is 32.1 Å². The topological polar surface area (TPSA) is 101 Å². The average Bonchev–Trinajstić information content (AvgIpc) is 2.82. The van der Waals surface area contributed by atoms with Gasteiger partial charge in [-0.2, -0.15) is 10.4 Å². The molecule has 0 aliphatic heterocycles. The summed E-state index contributed by atoms with van der Waals surface area (Å²) in [7, 11) is 1.84. The van der Waals surface area contributed by atoms with E-state index < -0.39 is 4.92 Å². The lowest BCUT2D eigenvalue weighted by atomic mass is 9.57. The first-order chi connectivity index (χ1) is 10.9. The van der Waals surface area contributed by atoms with Gasteiger partial charge in [-0.15, -0.1) is 0 Å². The van der Waals surface area contributed by atoms with Crippen LogP contribution in [-0.4, -0.2) is 19.7 Å². The van der Waals surface area contributed by atoms with Gasteiger partial charge in [0.25, 0.3) is 5.69 Å². The maximum atomic E-state index is 11.0. The van der Waals surface area contributed by atoms with E-state index in [2.05, 4.69) is 16.3 Å². The number of non-ortho nitro benzene ring substituents is 1. The highest BCUT2D eigenvalue weighted by atomic mass is 32.1. The molecule has 8 heteroatoms. The van der Waals surface area contributed by atoms with Crippen molar-refractivity contribution in [1.29, 1.82) is 5.26 Å². The fourth-order valence-electron chi connectivity index (χ4n) is 3.25. The molecule has 118 valence electrons. The van der Waals surface area contributed by atoms with Gasteiger partial charge in [-0.05, 0) is 30.6 Å². The van der Waals surface area contributed by atoms with Gasteiger partial charge in [-0.25, -0.2) is 0 Å². The van der Waals surface area contributed by atoms with E-state index in [0.29, 0.717) is 24.0 Å². The average molecular weight is 329 g/mol. The molecule has 1 fully saturated rings. The Morgan fingerprint density at radius 2 is 2.35 bits per heavy atom. The molecule has 1 saturated carbocycles. The van der Waals surface area contributed by atoms with E-state index in [-0.39, 0.29) is 17.0 Å². The molecule has 0 bridgehead atoms. The maximum Gasteiger partial charge on any atom is 0.269 e. The van der Waals surface area contributed by atoms with Crippen molar-refractivity contribution in [2.75, 3.05) is 0 Å². The zero-order valence-corrected chi connectivity index (χ0v) is 13.3. The molecule has 7 nitrogen and oxygen atoms in total. The number of hydrogen-bond donors (Lipinski definition) is 1. The van der Waals surface area contributed by atoms with E-state index in [1.807, 2.05) is 13.1 Å². The van der Waals surface area contributed by atoms with Crippen molar-refractivity contribution < 1.29 is 4.92 Å². The SMILES string of the molecule is Cn1c(CC2(c3cccc([N+](=O)[O-])c3)CC(C#N)C2)n[nH]c1=S. The van der Waals surface area contributed by atoms with Gasteiger partial charge in [0.05, 0.1) is 11.0 Å². The van der Waals surface area contributed by atoms with E-state index in [4.69, 9.17) is 17.5 Å². The van der Waals surface area contributed by atoms with Crippen molar-refractivity contribution in [1.82, 2.24) is 14.8 Å². The first kappa shape index (κ1) is 15.4. The molecule has 1 heterocycles. The zero-order valence-electron chi connectivity index (χ0n) is 12.5. The fourth-order valence-corrected chi connectivity index (χ4v) is 3.40. The predicted molar refractivity (Wildman–Crippen MR) is 85.2 cm³/mol. The molecular formula is C15H15N5O2S. The van der Waals surface area contributed by atoms with Crippen LogP contribution in [0.5, 0.6) is 0 Å². The van der Waals surface area contributed by atoms with Crippen molar-refractivity contribution in [3.63, 3.8) is 0 Å². The number of aromatic nitrogens is 3. The van der Waals surface area contributed by atoms with Crippen LogP contribution < -0.4 is 0 Å². The van der Waals surface area contributed by atoms with Crippen LogP contribution in [0.3, 0.4) is 0 Å². The lowest BCUT2D eigenvalue weighted by Gasteiger charge is -2.45. The molecule has 1 aromatic heterocycles. The van der Waals surface area contributed by atoms with Crippen LogP contribution in [0.4, 0.5) is 5.69 Å². The molecule has 1 aliphatic carbocycles. The van der Waals surface area contributed by atoms with Gasteiger partial charge >= 0.3 is 0 Å². The number of nitro benzene ring substituents is 1. The molecule has 1 aliphatic rings. The second-order valence-corrected chi connectivity index (χ2v) is 6.39. The Morgan fingerprint density at radius 3 is 2.91 bits per heavy atom. The predicted octanol–water partition coefficient (Wildman–Crippen LogP) is 2.80. The molecule has 23 heavy (non-hydrogen) atoms. The third-order valence-corrected chi connectivity index (χ3v) is 4.96. The summed E-state index contributed by atoms with van der Waals surface area (Å²) in [5, 5.41) is 27.2. The summed E-state index contributed by atoms with van der Waals surface area (Å²) in [6.45, 7) is 0. The van der Waals surface area contributed by atoms with Gasteiger partial charge in [0.1, 0.15) is 5.82 Å². The molecule has 0 unspecified atom stereocenters. The number of hydrogen-bond acceptors (Lipinski definition) is 5. The second kappa shape index (κ2) is 5.59. The highest BCUT2D eigenvalue weighted by Gasteiger charge is 2.47. The van der Waals surface area contributed by atoms with Crippen molar-refractivity contribution in [2.45, 2.75) is 24.7 Å². The van der Waals surface area contributed by atoms with Crippen LogP contribution in [0.25, 0.3) is 0 Å². The molecule has 0 spiro atoms. The highest BCUT2D eigenvalue weighted by molar-refractivity contribution is 7.71. The zero-order chi connectivity index (χ0) is 16.6. The lowest BCUT2D eigenvalue weighted by Crippen LogP contribution is -2.43. The van der Waals surface area contributed by atoms with Crippen LogP contribution in [-0.2, 0) is 18.9 Å². The fraction of sp³-hybridized carbons (Fsp3) is 0.400. The minimum atomic E-state index is -0.395. The molecule has 3 rings (SSSR count). The smallest absolute Gasteiger partial charge is 0.269 e. The first-order valence-corrected chi connectivity index (χ1v) is 7.61. The summed E-state index contributed by atoms with van der Waals surface area (Å²) in [6.07, 6.45) is 1.94. The van der Waals surface area contributed by atoms with E-state index >= 15 is 0 Å². The molecule has 0 amide bonds. The first-order valence-electron chi connectivity index (χ1n) is 7.20. The van der Waals surface area contributed by atoms with Crippen LogP contribution >= 0.6 is 12.2 Å². The van der Waals surface area contributed by atoms with Crippen LogP contribution in [0.2, 0.25) is 0 Å². The molecule has 0 saturated heterocycles. The highest BCUT2D eigenvalue weighted by Crippen LogP contribution is 2.50. The molecule has 0 radical (unpaired) electrons. The molecule has 0 atom stereocenters. The number of aromatic amines is 1. The number of benzene rings is 1. The lowest BCUT2D eigenvalue weighted by molar-refractivity contribution is -0.385. The Kier molecular flexibility index (Phi) is 3.74. The van der Waals surface area contributed by atoms with Crippen molar-refractivity contribution in [2.24, 2.45) is 13.0 Å². The summed E-state index contributed by atoms with van der Waals surface area (Å²) >= 11 is 5.14. The summed E-state index contributed by atoms with van der Waals surface area (Å²) in [6, 6.07) is 8.95. The summed E-state index contributed by atoms with van der Waals surface area (Å²) in [5.74, 6) is 0.763. The number of nitrogens with one attached hydrogen (secondary N) is 1. The summed E-state index contributed by atoms with van der Waals surface area (Å²) < 4.78 is 2.33. The number of rotatable bonds is 4. The summed E-state index contributed by atoms with van der Waals surface area (Å²) in [5.41, 5.74) is 0.644. The molecule has 1 aromatic carbocycles. The van der Waals surface area contributed by atoms with Gasteiger partial charge in [0, 0.05) is 36.9 Å². The van der Waals surface area contributed by atoms with Crippen LogP contribution in [0.1, 0.15) is 24.2 Å². The quantitative estimate of drug-likeness (QED) is 0.528. The van der Waals surface area contributed by atoms with E-state index in [1.54, 1.807) is 16.7 Å². The van der Waals surface area contributed by atoms with Crippen molar-refractivity contribution >= 4 is 17.9 Å². The van der Waals surface area contributed by atoms with Gasteiger partial charge in [0.2, 0.25) is 0 Å². The Bertz CT molecular complexity index is 857.